The molecule has 0 bridgehead atoms. The topological polar surface area (TPSA) is 35.2 Å². The molecule has 1 aromatic rings. The van der Waals surface area contributed by atoms with Crippen molar-refractivity contribution in [1.82, 2.24) is 0 Å². The summed E-state index contributed by atoms with van der Waals surface area (Å²) >= 11 is 0. The lowest BCUT2D eigenvalue weighted by atomic mass is 10.1. The third-order valence-corrected chi connectivity index (χ3v) is 1.65. The molecule has 0 spiro atoms. The maximum absolute atomic E-state index is 5.61. The molecule has 0 saturated heterocycles. The largest absolute Gasteiger partial charge is 0.497 e. The van der Waals surface area contributed by atoms with E-state index in [1.165, 1.54) is 0 Å². The first-order valence-electron chi connectivity index (χ1n) is 3.63. The quantitative estimate of drug-likeness (QED) is 0.664. The first kappa shape index (κ1) is 8.63. The minimum atomic E-state index is -0.323. The Morgan fingerprint density at radius 1 is 1.42 bits per heavy atom. The Morgan fingerprint density at radius 3 is 2.42 bits per heavy atom. The van der Waals surface area contributed by atoms with E-state index >= 15 is 0 Å². The van der Waals surface area contributed by atoms with Gasteiger partial charge in [-0.05, 0) is 17.7 Å². The summed E-state index contributed by atoms with van der Waals surface area (Å²) in [6, 6.07) is 7.09. The minimum absolute atomic E-state index is 0.323. The van der Waals surface area contributed by atoms with Crippen molar-refractivity contribution < 1.29 is 4.74 Å². The van der Waals surface area contributed by atoms with Crippen molar-refractivity contribution in [2.75, 3.05) is 7.11 Å². The van der Waals surface area contributed by atoms with Crippen molar-refractivity contribution >= 4 is 0 Å². The highest BCUT2D eigenvalue weighted by molar-refractivity contribution is 5.31. The summed E-state index contributed by atoms with van der Waals surface area (Å²) in [6.45, 7) is 0. The fourth-order valence-corrected chi connectivity index (χ4v) is 0.907. The molecule has 1 atom stereocenters. The molecule has 0 aliphatic heterocycles. The van der Waals surface area contributed by atoms with E-state index in [2.05, 4.69) is 5.92 Å². The monoisotopic (exact) mass is 161 g/mol. The van der Waals surface area contributed by atoms with Gasteiger partial charge in [0.1, 0.15) is 5.75 Å². The first-order chi connectivity index (χ1) is 5.77. The van der Waals surface area contributed by atoms with Crippen LogP contribution in [-0.2, 0) is 0 Å². The van der Waals surface area contributed by atoms with Gasteiger partial charge in [0.05, 0.1) is 13.2 Å². The average Bonchev–Trinajstić information content (AvgIpc) is 2.17. The maximum Gasteiger partial charge on any atom is 0.118 e. The highest BCUT2D eigenvalue weighted by Gasteiger charge is 2.00. The maximum atomic E-state index is 5.61. The Balaban J connectivity index is 2.86. The van der Waals surface area contributed by atoms with Crippen LogP contribution in [0.25, 0.3) is 0 Å². The lowest BCUT2D eigenvalue weighted by molar-refractivity contribution is 0.414. The van der Waals surface area contributed by atoms with Gasteiger partial charge in [0, 0.05) is 0 Å². The standard InChI is InChI=1S/C10H11NO/c1-3-10(11)8-4-6-9(12-2)7-5-8/h1,4-7,10H,11H2,2H3/t10-/m1/s1. The molecular weight excluding hydrogens is 150 g/mol. The summed E-state index contributed by atoms with van der Waals surface area (Å²) in [5.74, 6) is 3.26. The number of terminal acetylenes is 1. The van der Waals surface area contributed by atoms with E-state index in [4.69, 9.17) is 16.9 Å². The van der Waals surface area contributed by atoms with Crippen molar-refractivity contribution in [3.05, 3.63) is 29.8 Å². The molecule has 12 heavy (non-hydrogen) atoms. The van der Waals surface area contributed by atoms with Gasteiger partial charge in [0.2, 0.25) is 0 Å². The Morgan fingerprint density at radius 2 is 2.00 bits per heavy atom. The van der Waals surface area contributed by atoms with Crippen molar-refractivity contribution in [3.63, 3.8) is 0 Å². The van der Waals surface area contributed by atoms with E-state index in [0.717, 1.165) is 11.3 Å². The van der Waals surface area contributed by atoms with Gasteiger partial charge in [0.25, 0.3) is 0 Å². The second kappa shape index (κ2) is 3.80. The molecule has 0 saturated carbocycles. The summed E-state index contributed by atoms with van der Waals surface area (Å²) in [4.78, 5) is 0. The molecule has 62 valence electrons. The zero-order valence-electron chi connectivity index (χ0n) is 6.95. The third-order valence-electron chi connectivity index (χ3n) is 1.65. The second-order valence-corrected chi connectivity index (χ2v) is 2.42. The summed E-state index contributed by atoms with van der Waals surface area (Å²) in [7, 11) is 1.62. The molecule has 0 heterocycles. The highest BCUT2D eigenvalue weighted by Crippen LogP contribution is 2.14. The van der Waals surface area contributed by atoms with Crippen molar-refractivity contribution in [2.45, 2.75) is 6.04 Å². The first-order valence-corrected chi connectivity index (χ1v) is 3.63. The van der Waals surface area contributed by atoms with Crippen LogP contribution in [0.4, 0.5) is 0 Å². The zero-order chi connectivity index (χ0) is 8.97. The molecule has 0 fully saturated rings. The molecule has 0 amide bonds. The molecule has 2 heteroatoms. The van der Waals surface area contributed by atoms with Crippen LogP contribution in [0.2, 0.25) is 0 Å². The predicted octanol–water partition coefficient (Wildman–Crippen LogP) is 1.33. The van der Waals surface area contributed by atoms with E-state index < -0.39 is 0 Å². The number of hydrogen-bond acceptors (Lipinski definition) is 2. The van der Waals surface area contributed by atoms with Crippen LogP contribution in [0.5, 0.6) is 5.75 Å². The van der Waals surface area contributed by atoms with E-state index in [-0.39, 0.29) is 6.04 Å². The van der Waals surface area contributed by atoms with Crippen LogP contribution in [0, 0.1) is 12.3 Å². The number of hydrogen-bond donors (Lipinski definition) is 1. The number of nitrogens with two attached hydrogens (primary N) is 1. The fraction of sp³-hybridized carbons (Fsp3) is 0.200. The molecule has 1 rings (SSSR count). The number of benzene rings is 1. The smallest absolute Gasteiger partial charge is 0.118 e. The van der Waals surface area contributed by atoms with Crippen molar-refractivity contribution in [1.29, 1.82) is 0 Å². The third kappa shape index (κ3) is 1.77. The Hall–Kier alpha value is -1.46. The van der Waals surface area contributed by atoms with Gasteiger partial charge in [-0.2, -0.15) is 0 Å². The van der Waals surface area contributed by atoms with Gasteiger partial charge in [-0.3, -0.25) is 0 Å². The summed E-state index contributed by atoms with van der Waals surface area (Å²) in [5.41, 5.74) is 6.54. The van der Waals surface area contributed by atoms with Crippen LogP contribution >= 0.6 is 0 Å². The van der Waals surface area contributed by atoms with E-state index in [0.29, 0.717) is 0 Å². The lowest BCUT2D eigenvalue weighted by Crippen LogP contribution is -2.06. The molecule has 0 unspecified atom stereocenters. The Bertz CT molecular complexity index is 284. The van der Waals surface area contributed by atoms with Crippen LogP contribution in [-0.4, -0.2) is 7.11 Å². The minimum Gasteiger partial charge on any atom is -0.497 e. The van der Waals surface area contributed by atoms with Gasteiger partial charge in [-0.25, -0.2) is 0 Å². The molecule has 1 aromatic carbocycles. The van der Waals surface area contributed by atoms with Gasteiger partial charge >= 0.3 is 0 Å². The van der Waals surface area contributed by atoms with Crippen LogP contribution in [0.15, 0.2) is 24.3 Å². The Kier molecular flexibility index (Phi) is 2.73. The zero-order valence-corrected chi connectivity index (χ0v) is 6.95. The molecule has 2 N–H and O–H groups in total. The molecule has 0 radical (unpaired) electrons. The lowest BCUT2D eigenvalue weighted by Gasteiger charge is -2.05. The van der Waals surface area contributed by atoms with Crippen molar-refractivity contribution in [2.24, 2.45) is 5.73 Å². The fourth-order valence-electron chi connectivity index (χ4n) is 0.907. The molecular formula is C10H11NO. The van der Waals surface area contributed by atoms with E-state index in [1.54, 1.807) is 7.11 Å². The second-order valence-electron chi connectivity index (χ2n) is 2.42. The number of rotatable bonds is 2. The SMILES string of the molecule is C#C[C@@H](N)c1ccc(OC)cc1. The normalized spacial score (nSPS) is 11.8. The van der Waals surface area contributed by atoms with Crippen LogP contribution < -0.4 is 10.5 Å². The van der Waals surface area contributed by atoms with E-state index in [9.17, 15) is 0 Å². The molecule has 0 aliphatic carbocycles. The summed E-state index contributed by atoms with van der Waals surface area (Å²) < 4.78 is 4.99. The number of methoxy groups -OCH3 is 1. The van der Waals surface area contributed by atoms with E-state index in [1.807, 2.05) is 24.3 Å². The average molecular weight is 161 g/mol. The van der Waals surface area contributed by atoms with Gasteiger partial charge in [-0.1, -0.05) is 18.1 Å². The molecule has 0 aliphatic rings. The Labute approximate surface area is 72.3 Å². The predicted molar refractivity (Wildman–Crippen MR) is 48.8 cm³/mol. The van der Waals surface area contributed by atoms with Gasteiger partial charge in [-0.15, -0.1) is 6.42 Å². The summed E-state index contributed by atoms with van der Waals surface area (Å²) in [5, 5.41) is 0. The van der Waals surface area contributed by atoms with Crippen LogP contribution in [0.1, 0.15) is 11.6 Å². The van der Waals surface area contributed by atoms with Crippen molar-refractivity contribution in [3.8, 4) is 18.1 Å². The molecule has 0 aromatic heterocycles. The summed E-state index contributed by atoms with van der Waals surface area (Å²) in [6.07, 6.45) is 5.17. The van der Waals surface area contributed by atoms with Crippen LogP contribution in [0.3, 0.4) is 0 Å². The molecule has 2 nitrogen and oxygen atoms in total. The number of ether oxygens (including phenoxy) is 1. The highest BCUT2D eigenvalue weighted by atomic mass is 16.5. The van der Waals surface area contributed by atoms with Gasteiger partial charge < -0.3 is 10.5 Å². The van der Waals surface area contributed by atoms with Gasteiger partial charge in [0.15, 0.2) is 0 Å².